The van der Waals surface area contributed by atoms with Crippen LogP contribution in [0.15, 0.2) is 36.4 Å². The first-order chi connectivity index (χ1) is 25.5. The molecule has 287 valence electrons. The van der Waals surface area contributed by atoms with Crippen LogP contribution in [0.3, 0.4) is 0 Å². The standard InChI is InChI=1S/C42H50N3O6S3/c1-13-42(14-2)21-50-33-34(51-22-42)38(39-44(46)40(6,7)41(8,9)45(39)47)54-37(33)31-20-29(49-12)36(53-31)27-16-15-26(43(27)10)35-28(48-11)19-30(52-35)32-24(4)17-23(3)18-25(32)5/h15-20H,13-14,21-22H2,1-12H3. The topological polar surface area (TPSA) is 91.1 Å². The van der Waals surface area contributed by atoms with Crippen molar-refractivity contribution in [2.75, 3.05) is 27.4 Å². The number of hydroxylamine groups is 3. The van der Waals surface area contributed by atoms with Gasteiger partial charge in [0.15, 0.2) is 21.9 Å². The molecule has 9 nitrogen and oxygen atoms in total. The molecule has 0 N–H and O–H groups in total. The number of fused-ring (bicyclic) bond motifs is 1. The van der Waals surface area contributed by atoms with Crippen molar-refractivity contribution in [3.8, 4) is 64.3 Å². The van der Waals surface area contributed by atoms with Crippen molar-refractivity contribution >= 4 is 39.8 Å². The van der Waals surface area contributed by atoms with Crippen molar-refractivity contribution in [2.24, 2.45) is 12.5 Å². The summed E-state index contributed by atoms with van der Waals surface area (Å²) in [7, 11) is 5.47. The average molecular weight is 789 g/mol. The Labute approximate surface area is 330 Å². The highest BCUT2D eigenvalue weighted by atomic mass is 32.1. The van der Waals surface area contributed by atoms with E-state index in [1.54, 1.807) is 36.9 Å². The van der Waals surface area contributed by atoms with Crippen LogP contribution in [-0.4, -0.2) is 58.7 Å². The Morgan fingerprint density at radius 3 is 1.76 bits per heavy atom. The monoisotopic (exact) mass is 788 g/mol. The number of nitrogens with zero attached hydrogens (tertiary/aromatic N) is 3. The van der Waals surface area contributed by atoms with E-state index in [-0.39, 0.29) is 11.3 Å². The quantitative estimate of drug-likeness (QED) is 0.109. The zero-order valence-corrected chi connectivity index (χ0v) is 35.8. The zero-order chi connectivity index (χ0) is 39.1. The zero-order valence-electron chi connectivity index (χ0n) is 33.3. The number of benzene rings is 1. The molecule has 0 amide bonds. The molecular weight excluding hydrogens is 739 g/mol. The Balaban J connectivity index is 1.34. The first-order valence-electron chi connectivity index (χ1n) is 18.4. The van der Waals surface area contributed by atoms with Gasteiger partial charge in [0.25, 0.3) is 0 Å². The first kappa shape index (κ1) is 38.3. The molecule has 1 aromatic carbocycles. The first-order valence-corrected chi connectivity index (χ1v) is 20.8. The molecule has 0 spiro atoms. The summed E-state index contributed by atoms with van der Waals surface area (Å²) in [6, 6.07) is 12.9. The fraction of sp³-hybridized carbons (Fsp3) is 0.452. The van der Waals surface area contributed by atoms with Crippen LogP contribution in [0.2, 0.25) is 0 Å². The Morgan fingerprint density at radius 2 is 1.28 bits per heavy atom. The molecule has 4 aromatic heterocycles. The van der Waals surface area contributed by atoms with Gasteiger partial charge in [0.2, 0.25) is 0 Å². The molecule has 7 rings (SSSR count). The van der Waals surface area contributed by atoms with E-state index in [9.17, 15) is 10.4 Å². The normalized spacial score (nSPS) is 17.3. The van der Waals surface area contributed by atoms with E-state index in [0.29, 0.717) is 35.3 Å². The van der Waals surface area contributed by atoms with Crippen molar-refractivity contribution in [3.05, 3.63) is 63.2 Å². The van der Waals surface area contributed by atoms with Gasteiger partial charge in [0.1, 0.15) is 17.0 Å². The van der Waals surface area contributed by atoms with Crippen LogP contribution in [0.4, 0.5) is 0 Å². The maximum Gasteiger partial charge on any atom is 0.330 e. The second kappa shape index (κ2) is 13.6. The average Bonchev–Trinajstić information content (AvgIpc) is 3.91. The van der Waals surface area contributed by atoms with Crippen LogP contribution in [-0.2, 0) is 12.3 Å². The Kier molecular flexibility index (Phi) is 9.68. The molecule has 0 bridgehead atoms. The van der Waals surface area contributed by atoms with E-state index >= 15 is 0 Å². The van der Waals surface area contributed by atoms with Crippen LogP contribution in [0.1, 0.15) is 76.0 Å². The van der Waals surface area contributed by atoms with Gasteiger partial charge in [0, 0.05) is 28.6 Å². The van der Waals surface area contributed by atoms with E-state index < -0.39 is 11.1 Å². The summed E-state index contributed by atoms with van der Waals surface area (Å²) in [6.45, 7) is 18.9. The number of ether oxygens (including phenoxy) is 4. The van der Waals surface area contributed by atoms with Gasteiger partial charge < -0.3 is 28.7 Å². The number of rotatable bonds is 9. The number of aryl methyl sites for hydroxylation is 3. The molecule has 5 aromatic rings. The highest BCUT2D eigenvalue weighted by Gasteiger charge is 2.61. The third-order valence-electron chi connectivity index (χ3n) is 12.0. The van der Waals surface area contributed by atoms with Crippen LogP contribution in [0, 0.1) is 31.4 Å². The Morgan fingerprint density at radius 1 is 0.778 bits per heavy atom. The van der Waals surface area contributed by atoms with Gasteiger partial charge in [-0.2, -0.15) is 0 Å². The second-order valence-corrected chi connectivity index (χ2v) is 18.8. The molecule has 6 heterocycles. The third-order valence-corrected chi connectivity index (χ3v) is 15.7. The fourth-order valence-electron chi connectivity index (χ4n) is 7.60. The van der Waals surface area contributed by atoms with E-state index in [0.717, 1.165) is 59.3 Å². The van der Waals surface area contributed by atoms with Crippen molar-refractivity contribution in [1.29, 1.82) is 0 Å². The molecule has 0 saturated heterocycles. The smallest absolute Gasteiger partial charge is 0.330 e. The van der Waals surface area contributed by atoms with Gasteiger partial charge in [-0.25, -0.2) is 0 Å². The van der Waals surface area contributed by atoms with Crippen molar-refractivity contribution in [3.63, 3.8) is 0 Å². The van der Waals surface area contributed by atoms with Crippen molar-refractivity contribution in [1.82, 2.24) is 9.63 Å². The van der Waals surface area contributed by atoms with Crippen LogP contribution >= 0.6 is 34.0 Å². The summed E-state index contributed by atoms with van der Waals surface area (Å²) in [5, 5.41) is 28.8. The summed E-state index contributed by atoms with van der Waals surface area (Å²) in [6.07, 6.45) is 1.74. The van der Waals surface area contributed by atoms with E-state index in [1.807, 2.05) is 33.8 Å². The molecule has 0 fully saturated rings. The van der Waals surface area contributed by atoms with Gasteiger partial charge in [-0.3, -0.25) is 4.74 Å². The minimum absolute atomic E-state index is 0.0534. The van der Waals surface area contributed by atoms with Gasteiger partial charge in [-0.05, 0) is 96.2 Å². The lowest BCUT2D eigenvalue weighted by Crippen LogP contribution is -2.53. The molecule has 12 heteroatoms. The molecule has 0 saturated carbocycles. The number of hydrogen-bond donors (Lipinski definition) is 0. The maximum absolute atomic E-state index is 14.0. The van der Waals surface area contributed by atoms with Crippen molar-refractivity contribution in [2.45, 2.75) is 86.2 Å². The van der Waals surface area contributed by atoms with Gasteiger partial charge >= 0.3 is 5.84 Å². The lowest BCUT2D eigenvalue weighted by Gasteiger charge is -2.32. The lowest BCUT2D eigenvalue weighted by atomic mass is 9.84. The Bertz CT molecular complexity index is 2260. The van der Waals surface area contributed by atoms with Crippen LogP contribution in [0.25, 0.3) is 41.3 Å². The predicted octanol–water partition coefficient (Wildman–Crippen LogP) is 10.9. The number of methoxy groups -OCH3 is 2. The summed E-state index contributed by atoms with van der Waals surface area (Å²) in [5.74, 6) is 2.62. The number of amidine groups is 1. The van der Waals surface area contributed by atoms with E-state index in [2.05, 4.69) is 76.6 Å². The molecular formula is C42H50N3O6S3. The van der Waals surface area contributed by atoms with Crippen LogP contribution < -0.4 is 18.9 Å². The fourth-order valence-corrected chi connectivity index (χ4v) is 11.4. The SMILES string of the molecule is CCC1(CC)COc2c(C3=[N+]([O-])C(C)(C)C(C)(C)N3[O])sc(-c3cc(OC)c(-c4ccc(-c5sc(-c6c(C)cc(C)cc6C)cc5OC)n4C)s3)c2OC1. The summed E-state index contributed by atoms with van der Waals surface area (Å²) in [5.41, 5.74) is 4.86. The number of hydrogen-bond acceptors (Lipinski definition) is 9. The third kappa shape index (κ3) is 5.74. The van der Waals surface area contributed by atoms with Gasteiger partial charge in [0.05, 0.1) is 58.3 Å². The highest BCUT2D eigenvalue weighted by molar-refractivity contribution is 7.25. The summed E-state index contributed by atoms with van der Waals surface area (Å²) >= 11 is 4.68. The molecule has 54 heavy (non-hydrogen) atoms. The van der Waals surface area contributed by atoms with Crippen molar-refractivity contribution < 1.29 is 28.9 Å². The lowest BCUT2D eigenvalue weighted by molar-refractivity contribution is -0.539. The molecule has 1 radical (unpaired) electrons. The Hall–Kier alpha value is -3.97. The summed E-state index contributed by atoms with van der Waals surface area (Å²) < 4.78 is 28.3. The predicted molar refractivity (Wildman–Crippen MR) is 221 cm³/mol. The van der Waals surface area contributed by atoms with Crippen LogP contribution in [0.5, 0.6) is 23.0 Å². The highest BCUT2D eigenvalue weighted by Crippen LogP contribution is 2.56. The molecule has 2 aliphatic rings. The molecule has 0 aliphatic carbocycles. The van der Waals surface area contributed by atoms with E-state index in [1.165, 1.54) is 38.5 Å². The number of aromatic nitrogens is 1. The van der Waals surface area contributed by atoms with E-state index in [4.69, 9.17) is 18.9 Å². The van der Waals surface area contributed by atoms with Gasteiger partial charge in [-0.15, -0.1) is 34.0 Å². The minimum atomic E-state index is -0.976. The second-order valence-electron chi connectivity index (χ2n) is 15.7. The minimum Gasteiger partial charge on any atom is -0.714 e. The maximum atomic E-state index is 14.0. The molecule has 2 aliphatic heterocycles. The largest absolute Gasteiger partial charge is 0.714 e. The summed E-state index contributed by atoms with van der Waals surface area (Å²) in [4.78, 5) is 5.35. The molecule has 0 atom stereocenters. The number of thiophene rings is 3. The molecule has 0 unspecified atom stereocenters. The van der Waals surface area contributed by atoms with Gasteiger partial charge in [-0.1, -0.05) is 36.6 Å².